The van der Waals surface area contributed by atoms with E-state index < -0.39 is 0 Å². The number of carbonyl (C=O) groups is 2. The van der Waals surface area contributed by atoms with Gasteiger partial charge in [-0.3, -0.25) is 4.79 Å². The largest absolute Gasteiger partial charge is 0.497 e. The van der Waals surface area contributed by atoms with Crippen molar-refractivity contribution in [1.82, 2.24) is 14.8 Å². The zero-order chi connectivity index (χ0) is 27.6. The Kier molecular flexibility index (Phi) is 9.91. The van der Waals surface area contributed by atoms with Gasteiger partial charge in [-0.1, -0.05) is 37.3 Å². The summed E-state index contributed by atoms with van der Waals surface area (Å²) in [6.45, 7) is 3.48. The molecule has 1 aromatic heterocycles. The van der Waals surface area contributed by atoms with E-state index in [0.29, 0.717) is 31.7 Å². The van der Waals surface area contributed by atoms with Gasteiger partial charge in [-0.15, -0.1) is 11.8 Å². The van der Waals surface area contributed by atoms with Crippen molar-refractivity contribution in [2.75, 3.05) is 38.3 Å². The molecule has 204 valence electrons. The molecule has 2 N–H and O–H groups in total. The Morgan fingerprint density at radius 2 is 1.69 bits per heavy atom. The maximum Gasteiger partial charge on any atom is 0.322 e. The number of nitrogens with one attached hydrogen (secondary N) is 2. The number of rotatable bonds is 12. The number of aromatic amines is 1. The van der Waals surface area contributed by atoms with Crippen molar-refractivity contribution in [1.29, 1.82) is 0 Å². The van der Waals surface area contributed by atoms with E-state index in [-0.39, 0.29) is 18.5 Å². The number of carbonyl (C=O) groups excluding carboxylic acids is 2. The van der Waals surface area contributed by atoms with Crippen molar-refractivity contribution in [3.8, 4) is 5.75 Å². The smallest absolute Gasteiger partial charge is 0.322 e. The number of thioether (sulfide) groups is 1. The van der Waals surface area contributed by atoms with Gasteiger partial charge in [0.2, 0.25) is 5.91 Å². The van der Waals surface area contributed by atoms with Gasteiger partial charge in [0.1, 0.15) is 12.3 Å². The fourth-order valence-electron chi connectivity index (χ4n) is 4.50. The quantitative estimate of drug-likeness (QED) is 0.202. The molecule has 4 aromatic rings. The molecule has 1 heterocycles. The van der Waals surface area contributed by atoms with Crippen LogP contribution in [0.4, 0.5) is 10.5 Å². The van der Waals surface area contributed by atoms with Crippen LogP contribution in [0.25, 0.3) is 10.9 Å². The first-order valence-corrected chi connectivity index (χ1v) is 14.4. The number of urea groups is 1. The third kappa shape index (κ3) is 7.57. The van der Waals surface area contributed by atoms with Crippen LogP contribution in [-0.2, 0) is 17.8 Å². The minimum atomic E-state index is -0.275. The second kappa shape index (κ2) is 13.8. The second-order valence-electron chi connectivity index (χ2n) is 9.35. The molecule has 0 aliphatic rings. The number of amides is 3. The molecule has 7 nitrogen and oxygen atoms in total. The van der Waals surface area contributed by atoms with Crippen LogP contribution < -0.4 is 10.1 Å². The average molecular weight is 545 g/mol. The lowest BCUT2D eigenvalue weighted by Gasteiger charge is -2.28. The van der Waals surface area contributed by atoms with Gasteiger partial charge in [-0.25, -0.2) is 4.79 Å². The number of hydrogen-bond donors (Lipinski definition) is 2. The van der Waals surface area contributed by atoms with E-state index in [1.54, 1.807) is 23.8 Å². The Hall–Kier alpha value is -3.91. The van der Waals surface area contributed by atoms with Crippen molar-refractivity contribution < 1.29 is 14.3 Å². The zero-order valence-corrected chi connectivity index (χ0v) is 23.6. The van der Waals surface area contributed by atoms with Crippen molar-refractivity contribution in [3.05, 3.63) is 90.1 Å². The number of H-pyrrole nitrogens is 1. The Morgan fingerprint density at radius 3 is 2.38 bits per heavy atom. The molecule has 8 heteroatoms. The number of hydrogen-bond acceptors (Lipinski definition) is 4. The van der Waals surface area contributed by atoms with Crippen LogP contribution in [0.15, 0.2) is 83.9 Å². The summed E-state index contributed by atoms with van der Waals surface area (Å²) in [5.41, 5.74) is 3.95. The third-order valence-electron chi connectivity index (χ3n) is 6.66. The lowest BCUT2D eigenvalue weighted by Crippen LogP contribution is -2.45. The van der Waals surface area contributed by atoms with E-state index in [9.17, 15) is 9.59 Å². The van der Waals surface area contributed by atoms with Crippen LogP contribution in [0, 0.1) is 0 Å². The molecule has 0 saturated carbocycles. The molecular weight excluding hydrogens is 508 g/mol. The van der Waals surface area contributed by atoms with Gasteiger partial charge >= 0.3 is 6.03 Å². The van der Waals surface area contributed by atoms with Gasteiger partial charge in [0.25, 0.3) is 0 Å². The fraction of sp³-hybridized carbons (Fsp3) is 0.290. The molecule has 0 fully saturated rings. The summed E-state index contributed by atoms with van der Waals surface area (Å²) in [5.74, 6) is 0.679. The topological polar surface area (TPSA) is 77.7 Å². The summed E-state index contributed by atoms with van der Waals surface area (Å²) in [6, 6.07) is 23.3. The number of anilines is 1. The molecule has 0 bridgehead atoms. The van der Waals surface area contributed by atoms with E-state index in [2.05, 4.69) is 22.4 Å². The molecule has 39 heavy (non-hydrogen) atoms. The van der Waals surface area contributed by atoms with Crippen molar-refractivity contribution in [3.63, 3.8) is 0 Å². The fourth-order valence-corrected chi connectivity index (χ4v) is 4.91. The molecule has 0 unspecified atom stereocenters. The number of ether oxygens (including phenoxy) is 1. The second-order valence-corrected chi connectivity index (χ2v) is 10.2. The number of methoxy groups -OCH3 is 1. The standard InChI is InChI=1S/C31H36N4O3S/c1-4-18-35(31(37)33-25-11-15-27(39-3)16-12-25)22-30(36)34(21-23-9-13-26(38-2)14-10-23)19-17-24-20-32-29-8-6-5-7-28(24)29/h5-16,20,32H,4,17-19,21-22H2,1-3H3,(H,33,37). The lowest BCUT2D eigenvalue weighted by atomic mass is 10.1. The Morgan fingerprint density at radius 1 is 0.949 bits per heavy atom. The molecule has 0 atom stereocenters. The summed E-state index contributed by atoms with van der Waals surface area (Å²) in [6.07, 6.45) is 5.48. The van der Waals surface area contributed by atoms with Crippen molar-refractivity contribution in [2.24, 2.45) is 0 Å². The predicted octanol–water partition coefficient (Wildman–Crippen LogP) is 6.41. The first-order chi connectivity index (χ1) is 19.0. The normalized spacial score (nSPS) is 10.8. The Balaban J connectivity index is 1.49. The number of para-hydroxylation sites is 1. The zero-order valence-electron chi connectivity index (χ0n) is 22.8. The molecule has 3 aromatic carbocycles. The first kappa shape index (κ1) is 28.1. The molecule has 0 spiro atoms. The predicted molar refractivity (Wildman–Crippen MR) is 160 cm³/mol. The number of nitrogens with zero attached hydrogens (tertiary/aromatic N) is 2. The Bertz CT molecular complexity index is 1370. The number of benzene rings is 3. The monoisotopic (exact) mass is 544 g/mol. The summed E-state index contributed by atoms with van der Waals surface area (Å²) in [4.78, 5) is 34.7. The molecule has 3 amide bonds. The van der Waals surface area contributed by atoms with Gasteiger partial charge in [-0.2, -0.15) is 0 Å². The maximum absolute atomic E-state index is 13.7. The van der Waals surface area contributed by atoms with Gasteiger partial charge in [0.15, 0.2) is 0 Å². The van der Waals surface area contributed by atoms with Crippen LogP contribution in [0.5, 0.6) is 5.75 Å². The molecular formula is C31H36N4O3S. The first-order valence-electron chi connectivity index (χ1n) is 13.2. The third-order valence-corrected chi connectivity index (χ3v) is 7.40. The summed E-state index contributed by atoms with van der Waals surface area (Å²) in [5, 5.41) is 4.11. The SMILES string of the molecule is CCCN(CC(=O)N(CCc1c[nH]c2ccccc12)Cc1ccc(OC)cc1)C(=O)Nc1ccc(SC)cc1. The van der Waals surface area contributed by atoms with Crippen molar-refractivity contribution >= 4 is 40.3 Å². The minimum absolute atomic E-state index is 0.00656. The summed E-state index contributed by atoms with van der Waals surface area (Å²) >= 11 is 1.65. The highest BCUT2D eigenvalue weighted by Crippen LogP contribution is 2.20. The number of aromatic nitrogens is 1. The van der Waals surface area contributed by atoms with E-state index >= 15 is 0 Å². The Labute approximate surface area is 234 Å². The lowest BCUT2D eigenvalue weighted by molar-refractivity contribution is -0.132. The number of fused-ring (bicyclic) bond motifs is 1. The molecule has 0 aliphatic heterocycles. The maximum atomic E-state index is 13.7. The van der Waals surface area contributed by atoms with Gasteiger partial charge in [0.05, 0.1) is 7.11 Å². The van der Waals surface area contributed by atoms with Crippen molar-refractivity contribution in [2.45, 2.75) is 31.2 Å². The van der Waals surface area contributed by atoms with Crippen LogP contribution in [0.1, 0.15) is 24.5 Å². The summed E-state index contributed by atoms with van der Waals surface area (Å²) in [7, 11) is 1.64. The average Bonchev–Trinajstić information content (AvgIpc) is 3.38. The minimum Gasteiger partial charge on any atom is -0.497 e. The van der Waals surface area contributed by atoms with Crippen LogP contribution in [-0.4, -0.2) is 59.7 Å². The molecule has 4 rings (SSSR count). The van der Waals surface area contributed by atoms with Gasteiger partial charge in [0, 0.05) is 47.3 Å². The van der Waals surface area contributed by atoms with E-state index in [0.717, 1.165) is 39.1 Å². The molecule has 0 aliphatic carbocycles. The van der Waals surface area contributed by atoms with Crippen LogP contribution in [0.2, 0.25) is 0 Å². The van der Waals surface area contributed by atoms with Gasteiger partial charge in [-0.05, 0) is 72.7 Å². The molecule has 0 saturated heterocycles. The highest BCUT2D eigenvalue weighted by molar-refractivity contribution is 7.98. The van der Waals surface area contributed by atoms with Crippen LogP contribution >= 0.6 is 11.8 Å². The highest BCUT2D eigenvalue weighted by Gasteiger charge is 2.22. The van der Waals surface area contributed by atoms with E-state index in [1.165, 1.54) is 0 Å². The van der Waals surface area contributed by atoms with E-state index in [4.69, 9.17) is 4.74 Å². The highest BCUT2D eigenvalue weighted by atomic mass is 32.2. The summed E-state index contributed by atoms with van der Waals surface area (Å²) < 4.78 is 5.29. The van der Waals surface area contributed by atoms with Gasteiger partial charge < -0.3 is 24.8 Å². The molecule has 0 radical (unpaired) electrons. The van der Waals surface area contributed by atoms with E-state index in [1.807, 2.05) is 84.9 Å². The van der Waals surface area contributed by atoms with Crippen LogP contribution in [0.3, 0.4) is 0 Å².